The Labute approximate surface area is 125 Å². The van der Waals surface area contributed by atoms with E-state index in [4.69, 9.17) is 9.47 Å². The molecule has 1 aromatic carbocycles. The minimum absolute atomic E-state index is 0.229. The number of hydrogen-bond acceptors (Lipinski definition) is 4. The van der Waals surface area contributed by atoms with E-state index in [9.17, 15) is 4.79 Å². The van der Waals surface area contributed by atoms with E-state index in [1.54, 1.807) is 0 Å². The molecule has 114 valence electrons. The van der Waals surface area contributed by atoms with E-state index in [2.05, 4.69) is 12.2 Å². The van der Waals surface area contributed by atoms with E-state index >= 15 is 0 Å². The Morgan fingerprint density at radius 2 is 2.19 bits per heavy atom. The average molecular weight is 290 g/mol. The Morgan fingerprint density at radius 3 is 2.90 bits per heavy atom. The van der Waals surface area contributed by atoms with Gasteiger partial charge in [-0.2, -0.15) is 0 Å². The van der Waals surface area contributed by atoms with Gasteiger partial charge >= 0.3 is 0 Å². The Kier molecular flexibility index (Phi) is 3.76. The van der Waals surface area contributed by atoms with E-state index in [1.807, 2.05) is 30.1 Å². The number of carbonyl (C=O) groups excluding carboxylic acids is 1. The number of rotatable bonds is 4. The molecule has 1 saturated heterocycles. The van der Waals surface area contributed by atoms with Crippen molar-refractivity contribution < 1.29 is 14.3 Å². The van der Waals surface area contributed by atoms with E-state index < -0.39 is 0 Å². The molecule has 0 radical (unpaired) electrons. The van der Waals surface area contributed by atoms with Gasteiger partial charge in [0.25, 0.3) is 0 Å². The minimum Gasteiger partial charge on any atom is -0.454 e. The zero-order valence-electron chi connectivity index (χ0n) is 12.6. The Bertz CT molecular complexity index is 538. The number of amides is 1. The fourth-order valence-electron chi connectivity index (χ4n) is 3.17. The lowest BCUT2D eigenvalue weighted by Crippen LogP contribution is -2.42. The van der Waals surface area contributed by atoms with Crippen molar-refractivity contribution in [2.24, 2.45) is 5.41 Å². The van der Waals surface area contributed by atoms with Crippen LogP contribution >= 0.6 is 0 Å². The number of ether oxygens (including phenoxy) is 2. The zero-order chi connectivity index (χ0) is 14.9. The number of carbonyl (C=O) groups is 1. The molecular formula is C16H22N2O3. The topological polar surface area (TPSA) is 50.8 Å². The molecule has 0 bridgehead atoms. The minimum atomic E-state index is -0.231. The van der Waals surface area contributed by atoms with Gasteiger partial charge < -0.3 is 19.7 Å². The molecule has 0 spiro atoms. The molecule has 5 nitrogen and oxygen atoms in total. The first-order valence-corrected chi connectivity index (χ1v) is 7.49. The van der Waals surface area contributed by atoms with Crippen LogP contribution in [-0.2, 0) is 11.3 Å². The van der Waals surface area contributed by atoms with Crippen molar-refractivity contribution in [1.82, 2.24) is 10.2 Å². The van der Waals surface area contributed by atoms with Crippen LogP contribution in [0.15, 0.2) is 18.2 Å². The third-order valence-electron chi connectivity index (χ3n) is 4.58. The number of nitrogens with one attached hydrogen (secondary N) is 1. The summed E-state index contributed by atoms with van der Waals surface area (Å²) in [6.45, 7) is 4.68. The summed E-state index contributed by atoms with van der Waals surface area (Å²) in [6, 6.07) is 5.85. The lowest BCUT2D eigenvalue weighted by atomic mass is 9.83. The van der Waals surface area contributed by atoms with Crippen LogP contribution in [0.2, 0.25) is 0 Å². The molecule has 2 heterocycles. The van der Waals surface area contributed by atoms with Gasteiger partial charge in [0, 0.05) is 20.1 Å². The second kappa shape index (κ2) is 5.56. The summed E-state index contributed by atoms with van der Waals surface area (Å²) in [4.78, 5) is 14.6. The number of nitrogens with zero attached hydrogens (tertiary/aromatic N) is 1. The van der Waals surface area contributed by atoms with Crippen LogP contribution in [0.4, 0.5) is 0 Å². The van der Waals surface area contributed by atoms with Crippen LogP contribution < -0.4 is 14.8 Å². The molecule has 0 saturated carbocycles. The first-order valence-electron chi connectivity index (χ1n) is 7.49. The van der Waals surface area contributed by atoms with Crippen LogP contribution in [-0.4, -0.2) is 37.7 Å². The quantitative estimate of drug-likeness (QED) is 0.918. The van der Waals surface area contributed by atoms with Gasteiger partial charge in [0.05, 0.1) is 5.41 Å². The molecule has 3 rings (SSSR count). The number of hydrogen-bond donors (Lipinski definition) is 1. The summed E-state index contributed by atoms with van der Waals surface area (Å²) >= 11 is 0. The van der Waals surface area contributed by atoms with Gasteiger partial charge in [-0.15, -0.1) is 0 Å². The molecule has 1 N–H and O–H groups in total. The lowest BCUT2D eigenvalue weighted by Gasteiger charge is -2.31. The summed E-state index contributed by atoms with van der Waals surface area (Å²) in [6.07, 6.45) is 1.80. The van der Waals surface area contributed by atoms with Crippen molar-refractivity contribution in [2.45, 2.75) is 26.3 Å². The smallest absolute Gasteiger partial charge is 0.231 e. The molecule has 1 fully saturated rings. The Hall–Kier alpha value is -1.75. The van der Waals surface area contributed by atoms with E-state index in [0.29, 0.717) is 6.54 Å². The maximum atomic E-state index is 12.8. The van der Waals surface area contributed by atoms with Crippen molar-refractivity contribution in [3.8, 4) is 11.5 Å². The number of fused-ring (bicyclic) bond motifs is 1. The Balaban J connectivity index is 1.71. The molecule has 5 heteroatoms. The second-order valence-electron chi connectivity index (χ2n) is 5.91. The largest absolute Gasteiger partial charge is 0.454 e. The molecule has 1 amide bonds. The van der Waals surface area contributed by atoms with Gasteiger partial charge in [-0.25, -0.2) is 0 Å². The van der Waals surface area contributed by atoms with Crippen LogP contribution in [0.25, 0.3) is 0 Å². The van der Waals surface area contributed by atoms with Crippen molar-refractivity contribution in [3.05, 3.63) is 23.8 Å². The first kappa shape index (κ1) is 14.2. The summed E-state index contributed by atoms with van der Waals surface area (Å²) in [7, 11) is 1.88. The fourth-order valence-corrected chi connectivity index (χ4v) is 3.17. The standard InChI is InChI=1S/C16H22N2O3/c1-3-16(6-7-17-10-16)15(19)18(2)9-12-4-5-13-14(8-12)21-11-20-13/h4-5,8,17H,3,6-7,9-11H2,1-2H3. The van der Waals surface area contributed by atoms with Crippen LogP contribution in [0, 0.1) is 5.41 Å². The summed E-state index contributed by atoms with van der Waals surface area (Å²) < 4.78 is 10.7. The molecule has 2 aliphatic heterocycles. The first-order chi connectivity index (χ1) is 10.1. The van der Waals surface area contributed by atoms with Crippen molar-refractivity contribution in [1.29, 1.82) is 0 Å². The van der Waals surface area contributed by atoms with Gasteiger partial charge in [-0.1, -0.05) is 13.0 Å². The molecule has 1 atom stereocenters. The van der Waals surface area contributed by atoms with Crippen LogP contribution in [0.3, 0.4) is 0 Å². The molecular weight excluding hydrogens is 268 g/mol. The predicted molar refractivity (Wildman–Crippen MR) is 79.2 cm³/mol. The highest BCUT2D eigenvalue weighted by atomic mass is 16.7. The molecule has 0 aliphatic carbocycles. The third-order valence-corrected chi connectivity index (χ3v) is 4.58. The third kappa shape index (κ3) is 2.58. The van der Waals surface area contributed by atoms with Gasteiger partial charge in [0.15, 0.2) is 11.5 Å². The zero-order valence-corrected chi connectivity index (χ0v) is 12.6. The van der Waals surface area contributed by atoms with Crippen LogP contribution in [0.5, 0.6) is 11.5 Å². The molecule has 1 unspecified atom stereocenters. The predicted octanol–water partition coefficient (Wildman–Crippen LogP) is 1.76. The summed E-state index contributed by atoms with van der Waals surface area (Å²) in [5.74, 6) is 1.77. The summed E-state index contributed by atoms with van der Waals surface area (Å²) in [5, 5.41) is 3.31. The maximum absolute atomic E-state index is 12.8. The van der Waals surface area contributed by atoms with Gasteiger partial charge in [-0.05, 0) is 37.1 Å². The maximum Gasteiger partial charge on any atom is 0.231 e. The van der Waals surface area contributed by atoms with Crippen molar-refractivity contribution in [2.75, 3.05) is 26.9 Å². The highest BCUT2D eigenvalue weighted by Crippen LogP contribution is 2.34. The molecule has 2 aliphatic rings. The van der Waals surface area contributed by atoms with Gasteiger partial charge in [0.1, 0.15) is 0 Å². The lowest BCUT2D eigenvalue weighted by molar-refractivity contribution is -0.140. The average Bonchev–Trinajstić information content (AvgIpc) is 3.15. The number of benzene rings is 1. The van der Waals surface area contributed by atoms with E-state index in [-0.39, 0.29) is 18.1 Å². The second-order valence-corrected chi connectivity index (χ2v) is 5.91. The monoisotopic (exact) mass is 290 g/mol. The normalized spacial score (nSPS) is 23.3. The van der Waals surface area contributed by atoms with E-state index in [1.165, 1.54) is 0 Å². The highest BCUT2D eigenvalue weighted by Gasteiger charge is 2.41. The molecule has 21 heavy (non-hydrogen) atoms. The highest BCUT2D eigenvalue weighted by molar-refractivity contribution is 5.83. The molecule has 0 aromatic heterocycles. The molecule has 1 aromatic rings. The van der Waals surface area contributed by atoms with Gasteiger partial charge in [0.2, 0.25) is 12.7 Å². The van der Waals surface area contributed by atoms with Gasteiger partial charge in [-0.3, -0.25) is 4.79 Å². The van der Waals surface area contributed by atoms with Crippen molar-refractivity contribution >= 4 is 5.91 Å². The Morgan fingerprint density at radius 1 is 1.38 bits per heavy atom. The van der Waals surface area contributed by atoms with Crippen molar-refractivity contribution in [3.63, 3.8) is 0 Å². The summed E-state index contributed by atoms with van der Waals surface area (Å²) in [5.41, 5.74) is 0.831. The van der Waals surface area contributed by atoms with E-state index in [0.717, 1.165) is 43.0 Å². The fraction of sp³-hybridized carbons (Fsp3) is 0.562. The van der Waals surface area contributed by atoms with Crippen LogP contribution in [0.1, 0.15) is 25.3 Å². The SMILES string of the molecule is CCC1(C(=O)N(C)Cc2ccc3c(c2)OCO3)CCNC1.